The van der Waals surface area contributed by atoms with Crippen LogP contribution in [0.5, 0.6) is 0 Å². The number of hydrogen-bond donors (Lipinski definition) is 1. The summed E-state index contributed by atoms with van der Waals surface area (Å²) >= 11 is 1.93. The maximum Gasteiger partial charge on any atom is 0.324 e. The summed E-state index contributed by atoms with van der Waals surface area (Å²) < 4.78 is 5.12. The molecule has 1 aliphatic heterocycles. The van der Waals surface area contributed by atoms with Crippen LogP contribution in [0.15, 0.2) is 0 Å². The number of nitrogens with one attached hydrogen (secondary N) is 1. The Morgan fingerprint density at radius 2 is 2.00 bits per heavy atom. The number of carbonyl (C=O) groups excluding carboxylic acids is 1. The van der Waals surface area contributed by atoms with E-state index in [1.54, 1.807) is 0 Å². The minimum atomic E-state index is -0.101. The molecule has 0 radical (unpaired) electrons. The van der Waals surface area contributed by atoms with Crippen molar-refractivity contribution in [2.45, 2.75) is 64.3 Å². The van der Waals surface area contributed by atoms with Crippen LogP contribution in [-0.2, 0) is 9.53 Å². The molecule has 1 aliphatic carbocycles. The van der Waals surface area contributed by atoms with Crippen molar-refractivity contribution in [2.75, 3.05) is 12.4 Å². The molecule has 2 rings (SSSR count). The molecule has 19 heavy (non-hydrogen) atoms. The zero-order valence-electron chi connectivity index (χ0n) is 12.6. The molecule has 1 saturated heterocycles. The normalized spacial score (nSPS) is 35.6. The Kier molecular flexibility index (Phi) is 4.51. The molecular formula is C15H27NO2S. The van der Waals surface area contributed by atoms with Crippen LogP contribution in [0.4, 0.5) is 0 Å². The summed E-state index contributed by atoms with van der Waals surface area (Å²) in [6.45, 7) is 9.36. The highest BCUT2D eigenvalue weighted by atomic mass is 32.2. The minimum Gasteiger partial charge on any atom is -0.465 e. The number of esters is 1. The van der Waals surface area contributed by atoms with Crippen LogP contribution < -0.4 is 5.32 Å². The Morgan fingerprint density at radius 1 is 1.37 bits per heavy atom. The van der Waals surface area contributed by atoms with E-state index < -0.39 is 0 Å². The van der Waals surface area contributed by atoms with Gasteiger partial charge in [0.2, 0.25) is 0 Å². The van der Waals surface area contributed by atoms with Gasteiger partial charge in [-0.1, -0.05) is 20.8 Å². The first kappa shape index (κ1) is 15.2. The van der Waals surface area contributed by atoms with Crippen LogP contribution in [0.3, 0.4) is 0 Å². The Labute approximate surface area is 121 Å². The predicted octanol–water partition coefficient (Wildman–Crippen LogP) is 3.19. The van der Waals surface area contributed by atoms with Gasteiger partial charge in [0.05, 0.1) is 11.5 Å². The molecule has 0 bridgehead atoms. The summed E-state index contributed by atoms with van der Waals surface area (Å²) in [5, 5.41) is 3.55. The lowest BCUT2D eigenvalue weighted by molar-refractivity contribution is -0.145. The number of ether oxygens (including phenoxy) is 1. The molecule has 0 aromatic carbocycles. The third-order valence-electron chi connectivity index (χ3n) is 4.55. The summed E-state index contributed by atoms with van der Waals surface area (Å²) in [5.74, 6) is 1.59. The largest absolute Gasteiger partial charge is 0.465 e. The average Bonchev–Trinajstić information content (AvgIpc) is 2.73. The minimum absolute atomic E-state index is 0.0789. The van der Waals surface area contributed by atoms with E-state index in [0.717, 1.165) is 11.7 Å². The quantitative estimate of drug-likeness (QED) is 0.791. The first-order valence-electron chi connectivity index (χ1n) is 7.44. The molecule has 0 aromatic rings. The van der Waals surface area contributed by atoms with Crippen molar-refractivity contribution < 1.29 is 9.53 Å². The van der Waals surface area contributed by atoms with E-state index in [1.165, 1.54) is 25.7 Å². The topological polar surface area (TPSA) is 38.3 Å². The van der Waals surface area contributed by atoms with Crippen molar-refractivity contribution in [1.82, 2.24) is 5.32 Å². The van der Waals surface area contributed by atoms with Crippen molar-refractivity contribution in [3.8, 4) is 0 Å². The summed E-state index contributed by atoms with van der Waals surface area (Å²) in [7, 11) is 0. The summed E-state index contributed by atoms with van der Waals surface area (Å²) in [4.78, 5) is 11.9. The lowest BCUT2D eigenvalue weighted by atomic mass is 9.71. The fraction of sp³-hybridized carbons (Fsp3) is 0.933. The van der Waals surface area contributed by atoms with Gasteiger partial charge in [0.1, 0.15) is 6.04 Å². The van der Waals surface area contributed by atoms with E-state index in [1.807, 2.05) is 18.7 Å². The van der Waals surface area contributed by atoms with E-state index in [4.69, 9.17) is 4.74 Å². The molecule has 1 spiro atoms. The summed E-state index contributed by atoms with van der Waals surface area (Å²) in [6.07, 6.45) is 4.88. The highest BCUT2D eigenvalue weighted by Crippen LogP contribution is 2.48. The van der Waals surface area contributed by atoms with E-state index in [-0.39, 0.29) is 16.9 Å². The molecule has 0 amide bonds. The van der Waals surface area contributed by atoms with Crippen LogP contribution in [0.2, 0.25) is 0 Å². The fourth-order valence-corrected chi connectivity index (χ4v) is 4.71. The van der Waals surface area contributed by atoms with Gasteiger partial charge in [-0.25, -0.2) is 0 Å². The lowest BCUT2D eigenvalue weighted by Crippen LogP contribution is -2.48. The van der Waals surface area contributed by atoms with Crippen molar-refractivity contribution >= 4 is 17.7 Å². The molecule has 110 valence electrons. The van der Waals surface area contributed by atoms with Crippen molar-refractivity contribution in [3.63, 3.8) is 0 Å². The van der Waals surface area contributed by atoms with Gasteiger partial charge in [-0.3, -0.25) is 10.1 Å². The van der Waals surface area contributed by atoms with Crippen LogP contribution in [0.1, 0.15) is 53.4 Å². The molecule has 3 nitrogen and oxygen atoms in total. The van der Waals surface area contributed by atoms with Crippen LogP contribution in [0.25, 0.3) is 0 Å². The predicted molar refractivity (Wildman–Crippen MR) is 80.2 cm³/mol. The van der Waals surface area contributed by atoms with E-state index in [9.17, 15) is 4.79 Å². The second-order valence-corrected chi connectivity index (χ2v) is 8.30. The first-order chi connectivity index (χ1) is 8.86. The Balaban J connectivity index is 1.89. The maximum absolute atomic E-state index is 11.8. The van der Waals surface area contributed by atoms with Crippen molar-refractivity contribution in [2.24, 2.45) is 11.3 Å². The molecule has 4 heteroatoms. The average molecular weight is 285 g/mol. The SMILES string of the molecule is CCOC(=O)C1CSC2(CCC(C(C)(C)C)CC2)N1. The molecule has 1 heterocycles. The zero-order valence-corrected chi connectivity index (χ0v) is 13.4. The summed E-state index contributed by atoms with van der Waals surface area (Å²) in [5.41, 5.74) is 0.408. The second-order valence-electron chi connectivity index (χ2n) is 6.89. The van der Waals surface area contributed by atoms with Crippen LogP contribution in [-0.4, -0.2) is 29.2 Å². The van der Waals surface area contributed by atoms with E-state index in [0.29, 0.717) is 12.0 Å². The molecule has 2 aliphatic rings. The van der Waals surface area contributed by atoms with Gasteiger partial charge in [0.15, 0.2) is 0 Å². The smallest absolute Gasteiger partial charge is 0.324 e. The molecular weight excluding hydrogens is 258 g/mol. The van der Waals surface area contributed by atoms with Gasteiger partial charge in [0, 0.05) is 5.75 Å². The van der Waals surface area contributed by atoms with Gasteiger partial charge in [-0.2, -0.15) is 0 Å². The van der Waals surface area contributed by atoms with Gasteiger partial charge in [-0.15, -0.1) is 11.8 Å². The van der Waals surface area contributed by atoms with Gasteiger partial charge in [0.25, 0.3) is 0 Å². The molecule has 1 N–H and O–H groups in total. The Morgan fingerprint density at radius 3 is 2.53 bits per heavy atom. The number of rotatable bonds is 2. The molecule has 1 unspecified atom stereocenters. The van der Waals surface area contributed by atoms with Crippen LogP contribution >= 0.6 is 11.8 Å². The molecule has 1 saturated carbocycles. The number of carbonyl (C=O) groups is 1. The monoisotopic (exact) mass is 285 g/mol. The van der Waals surface area contributed by atoms with E-state index >= 15 is 0 Å². The Hall–Kier alpha value is -0.220. The Bertz CT molecular complexity index is 330. The number of thioether (sulfide) groups is 1. The molecule has 0 aromatic heterocycles. The van der Waals surface area contributed by atoms with Crippen molar-refractivity contribution in [1.29, 1.82) is 0 Å². The highest BCUT2D eigenvalue weighted by molar-refractivity contribution is 8.00. The third kappa shape index (κ3) is 3.46. The van der Waals surface area contributed by atoms with Gasteiger partial charge in [-0.05, 0) is 43.9 Å². The summed E-state index contributed by atoms with van der Waals surface area (Å²) in [6, 6.07) is -0.101. The second kappa shape index (κ2) is 5.65. The highest BCUT2D eigenvalue weighted by Gasteiger charge is 2.45. The van der Waals surface area contributed by atoms with Crippen molar-refractivity contribution in [3.05, 3.63) is 0 Å². The van der Waals surface area contributed by atoms with E-state index in [2.05, 4.69) is 26.1 Å². The molecule has 2 fully saturated rings. The van der Waals surface area contributed by atoms with Crippen LogP contribution in [0, 0.1) is 11.3 Å². The zero-order chi connectivity index (χ0) is 14.1. The fourth-order valence-electron chi connectivity index (χ4n) is 3.25. The first-order valence-corrected chi connectivity index (χ1v) is 8.43. The maximum atomic E-state index is 11.8. The number of hydrogen-bond acceptors (Lipinski definition) is 4. The lowest BCUT2D eigenvalue weighted by Gasteiger charge is -2.42. The molecule has 1 atom stereocenters. The standard InChI is InChI=1S/C15H27NO2S/c1-5-18-13(17)12-10-19-15(16-12)8-6-11(7-9-15)14(2,3)4/h11-12,16H,5-10H2,1-4H3. The van der Waals surface area contributed by atoms with Gasteiger partial charge >= 0.3 is 5.97 Å². The van der Waals surface area contributed by atoms with Gasteiger partial charge < -0.3 is 4.74 Å². The third-order valence-corrected chi connectivity index (χ3v) is 6.13.